The predicted octanol–water partition coefficient (Wildman–Crippen LogP) is 2.55. The maximum absolute atomic E-state index is 5.58. The van der Waals surface area contributed by atoms with Gasteiger partial charge in [-0.1, -0.05) is 0 Å². The molecule has 0 bridgehead atoms. The smallest absolute Gasteiger partial charge is 0.0965 e. The molecule has 0 fully saturated rings. The minimum absolute atomic E-state index is 0.0376. The van der Waals surface area contributed by atoms with Gasteiger partial charge < -0.3 is 10.5 Å². The van der Waals surface area contributed by atoms with Gasteiger partial charge in [0.1, 0.15) is 0 Å². The van der Waals surface area contributed by atoms with E-state index in [1.165, 1.54) is 0 Å². The van der Waals surface area contributed by atoms with Gasteiger partial charge >= 0.3 is 0 Å². The van der Waals surface area contributed by atoms with Crippen molar-refractivity contribution in [3.05, 3.63) is 20.8 Å². The van der Waals surface area contributed by atoms with Gasteiger partial charge in [-0.3, -0.25) is 0 Å². The van der Waals surface area contributed by atoms with Crippen LogP contribution in [0.25, 0.3) is 0 Å². The van der Waals surface area contributed by atoms with E-state index in [1.807, 2.05) is 18.4 Å². The van der Waals surface area contributed by atoms with E-state index in [0.717, 1.165) is 9.35 Å². The second kappa shape index (κ2) is 4.97. The average Bonchev–Trinajstić information content (AvgIpc) is 2.47. The topological polar surface area (TPSA) is 35.2 Å². The van der Waals surface area contributed by atoms with Crippen molar-refractivity contribution in [1.82, 2.24) is 0 Å². The highest BCUT2D eigenvalue weighted by Gasteiger charge is 2.13. The van der Waals surface area contributed by atoms with E-state index < -0.39 is 0 Å². The second-order valence-corrected chi connectivity index (χ2v) is 4.56. The molecule has 0 saturated heterocycles. The van der Waals surface area contributed by atoms with E-state index in [9.17, 15) is 0 Å². The molecule has 1 aromatic rings. The molecule has 0 amide bonds. The Balaban J connectivity index is 2.72. The summed E-state index contributed by atoms with van der Waals surface area (Å²) < 4.78 is 6.59. The summed E-state index contributed by atoms with van der Waals surface area (Å²) >= 11 is 5.12. The number of halogens is 1. The Bertz CT molecular complexity index is 239. The Hall–Kier alpha value is 0.100. The van der Waals surface area contributed by atoms with Crippen LogP contribution in [0.4, 0.5) is 0 Å². The SMILES string of the molecule is CCOC(CN)c1ccsc1Br. The number of ether oxygens (including phenoxy) is 1. The lowest BCUT2D eigenvalue weighted by Gasteiger charge is -2.13. The molecule has 68 valence electrons. The molecule has 1 aromatic heterocycles. The molecular formula is C8H12BrNOS. The third kappa shape index (κ3) is 2.29. The largest absolute Gasteiger partial charge is 0.372 e. The van der Waals surface area contributed by atoms with Crippen molar-refractivity contribution in [2.45, 2.75) is 13.0 Å². The first-order valence-electron chi connectivity index (χ1n) is 3.84. The lowest BCUT2D eigenvalue weighted by atomic mass is 10.2. The van der Waals surface area contributed by atoms with E-state index in [-0.39, 0.29) is 6.10 Å². The maximum Gasteiger partial charge on any atom is 0.0965 e. The van der Waals surface area contributed by atoms with Gasteiger partial charge in [0.15, 0.2) is 0 Å². The summed E-state index contributed by atoms with van der Waals surface area (Å²) in [4.78, 5) is 0. The number of rotatable bonds is 4. The molecule has 2 N–H and O–H groups in total. The molecule has 1 rings (SSSR count). The normalized spacial score (nSPS) is 13.2. The van der Waals surface area contributed by atoms with Gasteiger partial charge in [-0.15, -0.1) is 11.3 Å². The summed E-state index contributed by atoms with van der Waals surface area (Å²) in [5.74, 6) is 0. The van der Waals surface area contributed by atoms with Crippen molar-refractivity contribution in [3.63, 3.8) is 0 Å². The zero-order chi connectivity index (χ0) is 8.97. The van der Waals surface area contributed by atoms with Gasteiger partial charge in [0, 0.05) is 18.7 Å². The van der Waals surface area contributed by atoms with Crippen molar-refractivity contribution in [1.29, 1.82) is 0 Å². The van der Waals surface area contributed by atoms with Crippen LogP contribution in [0.15, 0.2) is 15.2 Å². The highest BCUT2D eigenvalue weighted by Crippen LogP contribution is 2.30. The summed E-state index contributed by atoms with van der Waals surface area (Å²) in [5, 5.41) is 2.03. The van der Waals surface area contributed by atoms with Crippen LogP contribution in [-0.4, -0.2) is 13.2 Å². The van der Waals surface area contributed by atoms with Crippen molar-refractivity contribution < 1.29 is 4.74 Å². The monoisotopic (exact) mass is 249 g/mol. The summed E-state index contributed by atoms with van der Waals surface area (Å²) in [6, 6.07) is 2.04. The molecule has 4 heteroatoms. The van der Waals surface area contributed by atoms with E-state index in [0.29, 0.717) is 13.2 Å². The Morgan fingerprint density at radius 1 is 1.75 bits per heavy atom. The predicted molar refractivity (Wildman–Crippen MR) is 55.4 cm³/mol. The number of hydrogen-bond donors (Lipinski definition) is 1. The van der Waals surface area contributed by atoms with E-state index >= 15 is 0 Å². The molecule has 0 aromatic carbocycles. The molecule has 0 saturated carbocycles. The van der Waals surface area contributed by atoms with Crippen LogP contribution < -0.4 is 5.73 Å². The first-order chi connectivity index (χ1) is 5.79. The number of nitrogens with two attached hydrogens (primary N) is 1. The van der Waals surface area contributed by atoms with E-state index in [1.54, 1.807) is 11.3 Å². The zero-order valence-corrected chi connectivity index (χ0v) is 9.32. The molecule has 12 heavy (non-hydrogen) atoms. The van der Waals surface area contributed by atoms with Crippen molar-refractivity contribution >= 4 is 27.3 Å². The zero-order valence-electron chi connectivity index (χ0n) is 6.92. The molecule has 0 aliphatic carbocycles. The fourth-order valence-electron chi connectivity index (χ4n) is 1.02. The third-order valence-corrected chi connectivity index (χ3v) is 3.31. The van der Waals surface area contributed by atoms with Gasteiger partial charge in [-0.2, -0.15) is 0 Å². The van der Waals surface area contributed by atoms with Gasteiger partial charge in [-0.05, 0) is 34.3 Å². The van der Waals surface area contributed by atoms with Gasteiger partial charge in [0.2, 0.25) is 0 Å². The standard InChI is InChI=1S/C8H12BrNOS/c1-2-11-7(5-10)6-3-4-12-8(6)9/h3-4,7H,2,5,10H2,1H3. The molecule has 2 nitrogen and oxygen atoms in total. The minimum atomic E-state index is 0.0376. The first kappa shape index (κ1) is 10.2. The van der Waals surface area contributed by atoms with Crippen LogP contribution in [0.2, 0.25) is 0 Å². The first-order valence-corrected chi connectivity index (χ1v) is 5.51. The molecule has 0 spiro atoms. The summed E-state index contributed by atoms with van der Waals surface area (Å²) in [6.07, 6.45) is 0.0376. The molecule has 0 radical (unpaired) electrons. The number of thiophene rings is 1. The Labute approximate surface area is 84.9 Å². The summed E-state index contributed by atoms with van der Waals surface area (Å²) in [6.45, 7) is 3.20. The molecule has 0 aliphatic rings. The molecule has 0 aliphatic heterocycles. The van der Waals surface area contributed by atoms with E-state index in [4.69, 9.17) is 10.5 Å². The maximum atomic E-state index is 5.58. The Morgan fingerprint density at radius 3 is 2.92 bits per heavy atom. The van der Waals surface area contributed by atoms with Gasteiger partial charge in [-0.25, -0.2) is 0 Å². The lowest BCUT2D eigenvalue weighted by molar-refractivity contribution is 0.0687. The lowest BCUT2D eigenvalue weighted by Crippen LogP contribution is -2.15. The van der Waals surface area contributed by atoms with Crippen LogP contribution in [0.3, 0.4) is 0 Å². The van der Waals surface area contributed by atoms with Crippen molar-refractivity contribution in [2.75, 3.05) is 13.2 Å². The third-order valence-electron chi connectivity index (χ3n) is 1.57. The molecular weight excluding hydrogens is 238 g/mol. The van der Waals surface area contributed by atoms with Crippen LogP contribution in [0.5, 0.6) is 0 Å². The Kier molecular flexibility index (Phi) is 4.21. The summed E-state index contributed by atoms with van der Waals surface area (Å²) in [5.41, 5.74) is 6.73. The highest BCUT2D eigenvalue weighted by molar-refractivity contribution is 9.11. The fourth-order valence-corrected chi connectivity index (χ4v) is 2.40. The van der Waals surface area contributed by atoms with Crippen LogP contribution in [0.1, 0.15) is 18.6 Å². The quantitative estimate of drug-likeness (QED) is 0.891. The molecule has 1 atom stereocenters. The average molecular weight is 250 g/mol. The van der Waals surface area contributed by atoms with E-state index in [2.05, 4.69) is 15.9 Å². The second-order valence-electron chi connectivity index (χ2n) is 2.33. The Morgan fingerprint density at radius 2 is 2.50 bits per heavy atom. The van der Waals surface area contributed by atoms with Gasteiger partial charge in [0.25, 0.3) is 0 Å². The molecule has 1 heterocycles. The van der Waals surface area contributed by atoms with Crippen molar-refractivity contribution in [3.8, 4) is 0 Å². The van der Waals surface area contributed by atoms with Gasteiger partial charge in [0.05, 0.1) is 9.89 Å². The van der Waals surface area contributed by atoms with Crippen molar-refractivity contribution in [2.24, 2.45) is 5.73 Å². The van der Waals surface area contributed by atoms with Crippen LogP contribution in [0, 0.1) is 0 Å². The molecule has 1 unspecified atom stereocenters. The highest BCUT2D eigenvalue weighted by atomic mass is 79.9. The summed E-state index contributed by atoms with van der Waals surface area (Å²) in [7, 11) is 0. The van der Waals surface area contributed by atoms with Crippen LogP contribution >= 0.6 is 27.3 Å². The number of hydrogen-bond acceptors (Lipinski definition) is 3. The van der Waals surface area contributed by atoms with Crippen LogP contribution in [-0.2, 0) is 4.74 Å². The fraction of sp³-hybridized carbons (Fsp3) is 0.500. The minimum Gasteiger partial charge on any atom is -0.372 e.